The highest BCUT2D eigenvalue weighted by Crippen LogP contribution is 2.32. The highest BCUT2D eigenvalue weighted by Gasteiger charge is 2.17. The van der Waals surface area contributed by atoms with Crippen molar-refractivity contribution < 1.29 is 4.39 Å². The number of aryl methyl sites for hydroxylation is 1. The predicted octanol–water partition coefficient (Wildman–Crippen LogP) is 4.66. The highest BCUT2D eigenvalue weighted by atomic mass is 35.5. The van der Waals surface area contributed by atoms with Crippen LogP contribution < -0.4 is 0 Å². The molecular weight excluding hydrogens is 287 g/mol. The smallest absolute Gasteiger partial charge is 0.128 e. The van der Waals surface area contributed by atoms with Crippen LogP contribution in [0.15, 0.2) is 42.5 Å². The standard InChI is InChI=1S/C17H12ClFN2/c1-11-4-2-7-14-15(9-20)17(18)21(16(11)14)10-12-5-3-6-13(19)8-12/h2-8H,10H2,1H3. The van der Waals surface area contributed by atoms with E-state index in [0.717, 1.165) is 22.0 Å². The summed E-state index contributed by atoms with van der Waals surface area (Å²) in [6, 6.07) is 14.3. The van der Waals surface area contributed by atoms with Crippen LogP contribution in [0.2, 0.25) is 5.15 Å². The van der Waals surface area contributed by atoms with Gasteiger partial charge < -0.3 is 4.57 Å². The molecule has 0 N–H and O–H groups in total. The summed E-state index contributed by atoms with van der Waals surface area (Å²) in [6.45, 7) is 2.40. The SMILES string of the molecule is Cc1cccc2c(C#N)c(Cl)n(Cc3cccc(F)c3)c12. The normalized spacial score (nSPS) is 10.8. The maximum Gasteiger partial charge on any atom is 0.128 e. The van der Waals surface area contributed by atoms with Crippen LogP contribution in [0, 0.1) is 24.1 Å². The maximum atomic E-state index is 13.3. The second-order valence-corrected chi connectivity index (χ2v) is 5.32. The number of nitrogens with zero attached hydrogens (tertiary/aromatic N) is 2. The summed E-state index contributed by atoms with van der Waals surface area (Å²) in [5.74, 6) is -0.280. The van der Waals surface area contributed by atoms with Crippen LogP contribution in [0.1, 0.15) is 16.7 Å². The molecule has 0 atom stereocenters. The Bertz CT molecular complexity index is 874. The second kappa shape index (κ2) is 5.23. The third-order valence-corrected chi connectivity index (χ3v) is 3.95. The van der Waals surface area contributed by atoms with Crippen molar-refractivity contribution in [2.45, 2.75) is 13.5 Å². The molecule has 0 aliphatic heterocycles. The van der Waals surface area contributed by atoms with Gasteiger partial charge in [0.15, 0.2) is 0 Å². The van der Waals surface area contributed by atoms with Gasteiger partial charge in [0.05, 0.1) is 11.1 Å². The van der Waals surface area contributed by atoms with E-state index in [1.165, 1.54) is 12.1 Å². The van der Waals surface area contributed by atoms with Crippen LogP contribution in [0.4, 0.5) is 4.39 Å². The molecule has 0 amide bonds. The van der Waals surface area contributed by atoms with Gasteiger partial charge in [-0.15, -0.1) is 0 Å². The number of rotatable bonds is 2. The zero-order valence-corrected chi connectivity index (χ0v) is 12.2. The van der Waals surface area contributed by atoms with Crippen LogP contribution >= 0.6 is 11.6 Å². The van der Waals surface area contributed by atoms with Crippen molar-refractivity contribution in [2.75, 3.05) is 0 Å². The molecule has 0 spiro atoms. The molecule has 3 aromatic rings. The Labute approximate surface area is 127 Å². The minimum absolute atomic E-state index is 0.280. The summed E-state index contributed by atoms with van der Waals surface area (Å²) in [5.41, 5.74) is 3.23. The van der Waals surface area contributed by atoms with Gasteiger partial charge in [0, 0.05) is 11.9 Å². The summed E-state index contributed by atoms with van der Waals surface area (Å²) >= 11 is 6.36. The Kier molecular flexibility index (Phi) is 3.40. The average Bonchev–Trinajstić information content (AvgIpc) is 2.72. The fourth-order valence-corrected chi connectivity index (χ4v) is 2.92. The highest BCUT2D eigenvalue weighted by molar-refractivity contribution is 6.32. The van der Waals surface area contributed by atoms with Crippen LogP contribution in [-0.4, -0.2) is 4.57 Å². The first kappa shape index (κ1) is 13.7. The number of halogens is 2. The predicted molar refractivity (Wildman–Crippen MR) is 81.9 cm³/mol. The molecule has 4 heteroatoms. The van der Waals surface area contributed by atoms with Crippen LogP contribution in [0.3, 0.4) is 0 Å². The second-order valence-electron chi connectivity index (χ2n) is 4.96. The van der Waals surface area contributed by atoms with Crippen LogP contribution in [0.5, 0.6) is 0 Å². The van der Waals surface area contributed by atoms with Crippen LogP contribution in [-0.2, 0) is 6.54 Å². The molecule has 0 saturated carbocycles. The quantitative estimate of drug-likeness (QED) is 0.676. The van der Waals surface area contributed by atoms with Crippen molar-refractivity contribution in [2.24, 2.45) is 0 Å². The third kappa shape index (κ3) is 2.28. The molecule has 104 valence electrons. The largest absolute Gasteiger partial charge is 0.326 e. The fraction of sp³-hybridized carbons (Fsp3) is 0.118. The van der Waals surface area contributed by atoms with Crippen molar-refractivity contribution in [1.29, 1.82) is 5.26 Å². The molecule has 0 aliphatic rings. The molecule has 2 aromatic carbocycles. The van der Waals surface area contributed by atoms with Crippen LogP contribution in [0.25, 0.3) is 10.9 Å². The monoisotopic (exact) mass is 298 g/mol. The average molecular weight is 299 g/mol. The molecule has 0 fully saturated rings. The number of fused-ring (bicyclic) bond motifs is 1. The van der Waals surface area contributed by atoms with Gasteiger partial charge in [-0.3, -0.25) is 0 Å². The van der Waals surface area contributed by atoms with E-state index in [2.05, 4.69) is 6.07 Å². The summed E-state index contributed by atoms with van der Waals surface area (Å²) in [6.07, 6.45) is 0. The molecule has 0 saturated heterocycles. The van der Waals surface area contributed by atoms with Gasteiger partial charge >= 0.3 is 0 Å². The van der Waals surface area contributed by atoms with Crippen molar-refractivity contribution in [3.05, 3.63) is 70.1 Å². The Morgan fingerprint density at radius 1 is 1.24 bits per heavy atom. The lowest BCUT2D eigenvalue weighted by Crippen LogP contribution is -2.01. The third-order valence-electron chi connectivity index (χ3n) is 3.56. The Morgan fingerprint density at radius 3 is 2.71 bits per heavy atom. The number of hydrogen-bond donors (Lipinski definition) is 0. The lowest BCUT2D eigenvalue weighted by Gasteiger charge is -2.09. The van der Waals surface area contributed by atoms with Gasteiger partial charge in [0.1, 0.15) is 17.0 Å². The lowest BCUT2D eigenvalue weighted by atomic mass is 10.1. The molecular formula is C17H12ClFN2. The molecule has 0 radical (unpaired) electrons. The van der Waals surface area contributed by atoms with E-state index in [1.54, 1.807) is 6.07 Å². The maximum absolute atomic E-state index is 13.3. The van der Waals surface area contributed by atoms with Crippen molar-refractivity contribution in [3.63, 3.8) is 0 Å². The molecule has 0 aliphatic carbocycles. The van der Waals surface area contributed by atoms with Gasteiger partial charge in [0.2, 0.25) is 0 Å². The summed E-state index contributed by atoms with van der Waals surface area (Å²) in [7, 11) is 0. The van der Waals surface area contributed by atoms with E-state index >= 15 is 0 Å². The first-order chi connectivity index (χ1) is 10.1. The summed E-state index contributed by atoms with van der Waals surface area (Å²) in [5, 5.41) is 10.5. The van der Waals surface area contributed by atoms with Crippen molar-refractivity contribution in [3.8, 4) is 6.07 Å². The first-order valence-electron chi connectivity index (χ1n) is 6.53. The zero-order chi connectivity index (χ0) is 15.0. The van der Waals surface area contributed by atoms with E-state index in [9.17, 15) is 9.65 Å². The minimum atomic E-state index is -0.280. The van der Waals surface area contributed by atoms with Gasteiger partial charge in [-0.05, 0) is 30.2 Å². The Balaban J connectivity index is 2.23. The van der Waals surface area contributed by atoms with Gasteiger partial charge in [-0.2, -0.15) is 5.26 Å². The first-order valence-corrected chi connectivity index (χ1v) is 6.91. The number of aromatic nitrogens is 1. The van der Waals surface area contributed by atoms with Crippen molar-refractivity contribution >= 4 is 22.5 Å². The molecule has 3 rings (SSSR count). The Hall–Kier alpha value is -2.31. The van der Waals surface area contributed by atoms with Gasteiger partial charge in [0.25, 0.3) is 0 Å². The zero-order valence-electron chi connectivity index (χ0n) is 11.4. The number of hydrogen-bond acceptors (Lipinski definition) is 1. The molecule has 1 heterocycles. The molecule has 0 unspecified atom stereocenters. The number of para-hydroxylation sites is 1. The molecule has 2 nitrogen and oxygen atoms in total. The van der Waals surface area contributed by atoms with E-state index in [-0.39, 0.29) is 5.82 Å². The molecule has 0 bridgehead atoms. The summed E-state index contributed by atoms with van der Waals surface area (Å²) in [4.78, 5) is 0. The van der Waals surface area contributed by atoms with E-state index in [1.807, 2.05) is 35.8 Å². The topological polar surface area (TPSA) is 28.7 Å². The fourth-order valence-electron chi connectivity index (χ4n) is 2.64. The minimum Gasteiger partial charge on any atom is -0.326 e. The Morgan fingerprint density at radius 2 is 2.00 bits per heavy atom. The van der Waals surface area contributed by atoms with Crippen molar-refractivity contribution in [1.82, 2.24) is 4.57 Å². The number of nitriles is 1. The van der Waals surface area contributed by atoms with E-state index in [0.29, 0.717) is 17.3 Å². The lowest BCUT2D eigenvalue weighted by molar-refractivity contribution is 0.624. The summed E-state index contributed by atoms with van der Waals surface area (Å²) < 4.78 is 15.2. The number of benzene rings is 2. The molecule has 21 heavy (non-hydrogen) atoms. The molecule has 1 aromatic heterocycles. The van der Waals surface area contributed by atoms with E-state index < -0.39 is 0 Å². The van der Waals surface area contributed by atoms with E-state index in [4.69, 9.17) is 11.6 Å². The van der Waals surface area contributed by atoms with Gasteiger partial charge in [-0.1, -0.05) is 41.9 Å². The van der Waals surface area contributed by atoms with Gasteiger partial charge in [-0.25, -0.2) is 4.39 Å².